The van der Waals surface area contributed by atoms with Crippen LogP contribution in [0.5, 0.6) is 0 Å². The van der Waals surface area contributed by atoms with Gasteiger partial charge in [0.15, 0.2) is 17.8 Å². The van der Waals surface area contributed by atoms with E-state index in [0.29, 0.717) is 11.4 Å². The molecule has 32 heteroatoms. The number of benzene rings is 1. The molecular weight excluding hydrogens is 993 g/mol. The van der Waals surface area contributed by atoms with Gasteiger partial charge in [0.05, 0.1) is 43.5 Å². The van der Waals surface area contributed by atoms with Crippen LogP contribution >= 0.6 is 12.6 Å². The van der Waals surface area contributed by atoms with Crippen molar-refractivity contribution in [3.05, 3.63) is 29.8 Å². The van der Waals surface area contributed by atoms with Crippen LogP contribution in [0.2, 0.25) is 0 Å². The number of fused-ring (bicyclic) bond motifs is 1. The number of carboxylic acid groups (broad SMARTS) is 5. The van der Waals surface area contributed by atoms with E-state index in [9.17, 15) is 83.1 Å². The Balaban J connectivity index is 1.69. The van der Waals surface area contributed by atoms with Crippen LogP contribution in [-0.4, -0.2) is 182 Å². The molecule has 2 aliphatic heterocycles. The van der Waals surface area contributed by atoms with Crippen LogP contribution in [0.1, 0.15) is 61.7 Å². The Morgan fingerprint density at radius 2 is 1.29 bits per heavy atom. The number of carbonyl (C=O) groups is 12. The fourth-order valence-corrected chi connectivity index (χ4v) is 7.10. The number of carbonyl (C=O) groups excluding carboxylic acids is 7. The summed E-state index contributed by atoms with van der Waals surface area (Å²) in [6.07, 6.45) is -5.85. The number of thiol groups is 1. The molecule has 0 bridgehead atoms. The van der Waals surface area contributed by atoms with E-state index in [2.05, 4.69) is 59.5 Å². The van der Waals surface area contributed by atoms with E-state index in [4.69, 9.17) is 17.2 Å². The van der Waals surface area contributed by atoms with Crippen LogP contribution in [0.15, 0.2) is 39.2 Å². The number of Topliss-reactive ketones (excluding diaryl/α,β-unsaturated/α-hetero) is 1. The zero-order valence-electron chi connectivity index (χ0n) is 38.5. The number of ketones is 1. The largest absolute Gasteiger partial charge is 0.481 e. The van der Waals surface area contributed by atoms with Gasteiger partial charge in [0.2, 0.25) is 23.6 Å². The number of anilines is 1. The minimum atomic E-state index is -1.97. The van der Waals surface area contributed by atoms with Crippen molar-refractivity contribution < 1.29 is 83.1 Å². The normalized spacial score (nSPS) is 18.1. The van der Waals surface area contributed by atoms with Crippen molar-refractivity contribution in [2.45, 2.75) is 100 Å². The summed E-state index contributed by atoms with van der Waals surface area (Å²) in [5, 5.41) is 66.8. The monoisotopic (exact) mass is 1050 g/mol. The summed E-state index contributed by atoms with van der Waals surface area (Å²) in [5.41, 5.74) is 17.4. The second-order valence-corrected chi connectivity index (χ2v) is 16.6. The van der Waals surface area contributed by atoms with Gasteiger partial charge in [-0.25, -0.2) is 9.59 Å². The molecule has 3 rings (SSSR count). The van der Waals surface area contributed by atoms with Crippen molar-refractivity contribution in [1.29, 1.82) is 0 Å². The zero-order valence-corrected chi connectivity index (χ0v) is 39.4. The van der Waals surface area contributed by atoms with Gasteiger partial charge in [0.1, 0.15) is 36.6 Å². The number of nitrogens with one attached hydrogen (secondary N) is 8. The summed E-state index contributed by atoms with van der Waals surface area (Å²) in [7, 11) is 0. The highest BCUT2D eigenvalue weighted by Gasteiger charge is 2.37. The predicted octanol–water partition coefficient (Wildman–Crippen LogP) is -5.75. The maximum absolute atomic E-state index is 13.8. The van der Waals surface area contributed by atoms with Crippen LogP contribution in [-0.2, 0) is 52.7 Å². The Bertz CT molecular complexity index is 2360. The molecule has 1 aromatic carbocycles. The van der Waals surface area contributed by atoms with E-state index in [1.807, 2.05) is 10.6 Å². The molecule has 73 heavy (non-hydrogen) atoms. The number of hydrogen-bond acceptors (Lipinski definition) is 19. The first-order valence-corrected chi connectivity index (χ1v) is 22.6. The van der Waals surface area contributed by atoms with Crippen molar-refractivity contribution in [3.63, 3.8) is 0 Å². The molecule has 3 unspecified atom stereocenters. The van der Waals surface area contributed by atoms with Gasteiger partial charge in [-0.05, 0) is 43.5 Å². The lowest BCUT2D eigenvalue weighted by Gasteiger charge is -2.33. The Hall–Kier alpha value is -8.26. The maximum Gasteiger partial charge on any atom is 0.327 e. The highest BCUT2D eigenvalue weighted by Crippen LogP contribution is 2.17. The molecule has 9 atom stereocenters. The zero-order chi connectivity index (χ0) is 54.5. The molecule has 0 aliphatic carbocycles. The molecule has 0 radical (unpaired) electrons. The smallest absolute Gasteiger partial charge is 0.327 e. The van der Waals surface area contributed by atoms with E-state index in [-0.39, 0.29) is 37.5 Å². The van der Waals surface area contributed by atoms with Gasteiger partial charge < -0.3 is 74.2 Å². The number of amides is 6. The average molecular weight is 1050 g/mol. The van der Waals surface area contributed by atoms with Gasteiger partial charge in [-0.15, -0.1) is 0 Å². The summed E-state index contributed by atoms with van der Waals surface area (Å²) < 4.78 is 0. The molecular formula is C41H56N14O17S. The van der Waals surface area contributed by atoms with Crippen LogP contribution in [0.25, 0.3) is 0 Å². The topological polar surface area (TPSA) is 517 Å². The third-order valence-electron chi connectivity index (χ3n) is 10.5. The maximum atomic E-state index is 13.8. The number of guanidine groups is 1. The summed E-state index contributed by atoms with van der Waals surface area (Å²) in [5.74, 6) is -18.0. The second kappa shape index (κ2) is 28.6. The Morgan fingerprint density at radius 3 is 1.85 bits per heavy atom. The molecule has 2 aliphatic rings. The van der Waals surface area contributed by atoms with Gasteiger partial charge >= 0.3 is 29.8 Å². The van der Waals surface area contributed by atoms with E-state index < -0.39 is 170 Å². The molecule has 2 heterocycles. The first kappa shape index (κ1) is 59.1. The number of nitrogens with two attached hydrogens (primary N) is 3. The van der Waals surface area contributed by atoms with Gasteiger partial charge in [0.25, 0.3) is 11.8 Å². The van der Waals surface area contributed by atoms with Crippen molar-refractivity contribution in [2.24, 2.45) is 38.1 Å². The fraction of sp³-hybridized carbons (Fsp3) is 0.488. The van der Waals surface area contributed by atoms with E-state index in [1.54, 1.807) is 0 Å². The molecule has 1 aromatic rings. The number of hydrogen-bond donors (Lipinski definition) is 17. The molecule has 6 amide bonds. The van der Waals surface area contributed by atoms with Crippen LogP contribution in [0.3, 0.4) is 0 Å². The van der Waals surface area contributed by atoms with E-state index in [1.165, 1.54) is 30.5 Å². The molecule has 0 spiro atoms. The number of carboxylic acids is 5. The second-order valence-electron chi connectivity index (χ2n) is 16.2. The highest BCUT2D eigenvalue weighted by atomic mass is 32.1. The minimum absolute atomic E-state index is 0.0165. The van der Waals surface area contributed by atoms with E-state index >= 15 is 0 Å². The lowest BCUT2D eigenvalue weighted by Crippen LogP contribution is -2.67. The first-order chi connectivity index (χ1) is 34.4. The predicted molar refractivity (Wildman–Crippen MR) is 255 cm³/mol. The van der Waals surface area contributed by atoms with Gasteiger partial charge in [-0.2, -0.15) is 12.6 Å². The SMILES string of the molecule is NC(N)=NCCC[C@H](NC(=O)[C@H](CC(=O)O)NC(=O)CC[C@H](NC(=O)c1ccc(NCC2=NC3C(=O)NC(N)NC3N=C2)cc1)C(=O)O)C(=O)C[C@@H](CC(=O)O)C(=O)N[C@@H](CC(=O)O)C(=O)N[C@@H](CS)C(=O)O. The summed E-state index contributed by atoms with van der Waals surface area (Å²) in [6.45, 7) is 0.00681. The Kier molecular flexibility index (Phi) is 23.1. The summed E-state index contributed by atoms with van der Waals surface area (Å²) in [6, 6.07) is -3.94. The van der Waals surface area contributed by atoms with Gasteiger partial charge in [-0.1, -0.05) is 0 Å². The van der Waals surface area contributed by atoms with Crippen molar-refractivity contribution >= 4 is 107 Å². The molecule has 1 fully saturated rings. The summed E-state index contributed by atoms with van der Waals surface area (Å²) >= 11 is 3.80. The standard InChI is InChI=1S/C41H56N14O17S/c42-40(43)45-9-1-2-21(26(56)10-18(11-28(58)59)34(65)52-24(13-30(62)63)36(67)53-25(16-73)39(71)72)50-35(66)23(12-29(60)61)49-27(57)8-7-22(38(69)70)51-33(64)17-3-5-19(6-4-17)46-14-20-15-47-32-31(48-20)37(68)55-41(44)54-32/h3-6,15,18,21-25,31-32,41,46,54,73H,1-2,7-14,16,44H2,(H,49,57)(H,50,66)(H,51,64)(H,52,65)(H,53,67)(H,55,68)(H,58,59)(H,60,61)(H,62,63)(H,69,70)(H,71,72)(H4,42,43,45)/t18-,21-,22-,23-,24-,25-,31?,32?,41?/m0/s1. The molecule has 0 saturated carbocycles. The number of rotatable bonds is 31. The quantitative estimate of drug-likeness (QED) is 0.0143. The first-order valence-electron chi connectivity index (χ1n) is 21.9. The molecule has 19 N–H and O–H groups in total. The third-order valence-corrected chi connectivity index (χ3v) is 10.9. The highest BCUT2D eigenvalue weighted by molar-refractivity contribution is 7.80. The van der Waals surface area contributed by atoms with Crippen LogP contribution in [0.4, 0.5) is 5.69 Å². The van der Waals surface area contributed by atoms with Crippen molar-refractivity contribution in [2.75, 3.05) is 24.2 Å². The lowest BCUT2D eigenvalue weighted by atomic mass is 9.92. The van der Waals surface area contributed by atoms with Crippen LogP contribution in [0, 0.1) is 5.92 Å². The van der Waals surface area contributed by atoms with Crippen LogP contribution < -0.4 is 59.7 Å². The van der Waals surface area contributed by atoms with Crippen molar-refractivity contribution in [3.8, 4) is 0 Å². The third kappa shape index (κ3) is 20.2. The van der Waals surface area contributed by atoms with Crippen molar-refractivity contribution in [1.82, 2.24) is 37.2 Å². The Morgan fingerprint density at radius 1 is 0.712 bits per heavy atom. The number of aliphatic imine (C=N–C) groups is 3. The molecule has 0 aromatic heterocycles. The molecule has 31 nitrogen and oxygen atoms in total. The minimum Gasteiger partial charge on any atom is -0.481 e. The average Bonchev–Trinajstić information content (AvgIpc) is 3.30. The number of nitrogens with zero attached hydrogens (tertiary/aromatic N) is 3. The Labute approximate surface area is 418 Å². The number of aliphatic carboxylic acids is 5. The van der Waals surface area contributed by atoms with Gasteiger partial charge in [-0.3, -0.25) is 74.0 Å². The summed E-state index contributed by atoms with van der Waals surface area (Å²) in [4.78, 5) is 163. The van der Waals surface area contributed by atoms with E-state index in [0.717, 1.165) is 0 Å². The lowest BCUT2D eigenvalue weighted by molar-refractivity contribution is -0.145. The molecule has 398 valence electrons. The molecule has 1 saturated heterocycles. The van der Waals surface area contributed by atoms with Gasteiger partial charge in [0, 0.05) is 42.6 Å². The fourth-order valence-electron chi connectivity index (χ4n) is 6.85.